The molecule has 24 heavy (non-hydrogen) atoms. The molecule has 7 heteroatoms. The standard InChI is InChI=1S/C17H23N5O2/c1-20(2)14-4-5-18-16(6-14)17(24)22-9-13(11-23)15(10-22)12-7-19-21(3)8-12/h4-8,13,15,23H,9-11H2,1-3H3/t13-,15-/m0/s1. The maximum atomic E-state index is 12.8. The third kappa shape index (κ3) is 3.12. The Bertz CT molecular complexity index is 727. The average Bonchev–Trinajstić information content (AvgIpc) is 3.20. The molecule has 0 bridgehead atoms. The molecule has 1 aliphatic heterocycles. The van der Waals surface area contributed by atoms with Gasteiger partial charge >= 0.3 is 0 Å². The Kier molecular flexibility index (Phi) is 4.53. The van der Waals surface area contributed by atoms with Gasteiger partial charge in [-0.1, -0.05) is 0 Å². The Morgan fingerprint density at radius 1 is 1.42 bits per heavy atom. The molecule has 2 atom stereocenters. The van der Waals surface area contributed by atoms with Crippen LogP contribution in [-0.2, 0) is 7.05 Å². The molecule has 3 rings (SSSR count). The summed E-state index contributed by atoms with van der Waals surface area (Å²) >= 11 is 0. The number of aryl methyl sites for hydroxylation is 1. The second kappa shape index (κ2) is 6.60. The summed E-state index contributed by atoms with van der Waals surface area (Å²) in [4.78, 5) is 20.7. The summed E-state index contributed by atoms with van der Waals surface area (Å²) in [6.07, 6.45) is 5.42. The monoisotopic (exact) mass is 329 g/mol. The van der Waals surface area contributed by atoms with Gasteiger partial charge in [-0.05, 0) is 17.7 Å². The minimum Gasteiger partial charge on any atom is -0.396 e. The van der Waals surface area contributed by atoms with Crippen molar-refractivity contribution in [3.8, 4) is 0 Å². The van der Waals surface area contributed by atoms with Crippen LogP contribution in [0, 0.1) is 5.92 Å². The lowest BCUT2D eigenvalue weighted by Gasteiger charge is -2.17. The highest BCUT2D eigenvalue weighted by atomic mass is 16.3. The smallest absolute Gasteiger partial charge is 0.272 e. The van der Waals surface area contributed by atoms with Crippen molar-refractivity contribution in [2.24, 2.45) is 13.0 Å². The lowest BCUT2D eigenvalue weighted by atomic mass is 9.92. The quantitative estimate of drug-likeness (QED) is 0.895. The van der Waals surface area contributed by atoms with Crippen molar-refractivity contribution >= 4 is 11.6 Å². The molecule has 0 unspecified atom stereocenters. The summed E-state index contributed by atoms with van der Waals surface area (Å²) in [5.41, 5.74) is 2.43. The molecule has 2 aromatic rings. The number of anilines is 1. The summed E-state index contributed by atoms with van der Waals surface area (Å²) in [7, 11) is 5.73. The van der Waals surface area contributed by atoms with Crippen molar-refractivity contribution in [1.82, 2.24) is 19.7 Å². The Morgan fingerprint density at radius 3 is 2.83 bits per heavy atom. The van der Waals surface area contributed by atoms with E-state index < -0.39 is 0 Å². The van der Waals surface area contributed by atoms with Crippen molar-refractivity contribution in [2.75, 3.05) is 38.7 Å². The average molecular weight is 329 g/mol. The first-order valence-electron chi connectivity index (χ1n) is 8.01. The fraction of sp³-hybridized carbons (Fsp3) is 0.471. The Hall–Kier alpha value is -2.41. The molecule has 2 aromatic heterocycles. The highest BCUT2D eigenvalue weighted by molar-refractivity contribution is 5.93. The number of nitrogens with zero attached hydrogens (tertiary/aromatic N) is 5. The van der Waals surface area contributed by atoms with Crippen LogP contribution in [0.1, 0.15) is 22.0 Å². The largest absolute Gasteiger partial charge is 0.396 e. The number of aromatic nitrogens is 3. The van der Waals surface area contributed by atoms with Gasteiger partial charge in [-0.2, -0.15) is 5.10 Å². The van der Waals surface area contributed by atoms with Gasteiger partial charge in [0.15, 0.2) is 0 Å². The number of amides is 1. The third-order valence-electron chi connectivity index (χ3n) is 4.59. The van der Waals surface area contributed by atoms with E-state index in [1.54, 1.807) is 21.8 Å². The third-order valence-corrected chi connectivity index (χ3v) is 4.59. The molecule has 0 saturated carbocycles. The van der Waals surface area contributed by atoms with Gasteiger partial charge in [0.25, 0.3) is 5.91 Å². The van der Waals surface area contributed by atoms with Crippen LogP contribution < -0.4 is 4.90 Å². The Morgan fingerprint density at radius 2 is 2.21 bits per heavy atom. The second-order valence-electron chi connectivity index (χ2n) is 6.50. The van der Waals surface area contributed by atoms with E-state index in [2.05, 4.69) is 10.1 Å². The van der Waals surface area contributed by atoms with Gasteiger partial charge in [0, 0.05) is 70.8 Å². The van der Waals surface area contributed by atoms with E-state index in [4.69, 9.17) is 0 Å². The van der Waals surface area contributed by atoms with Crippen LogP contribution in [0.25, 0.3) is 0 Å². The zero-order valence-electron chi connectivity index (χ0n) is 14.3. The molecule has 1 saturated heterocycles. The molecule has 0 spiro atoms. The van der Waals surface area contributed by atoms with Crippen LogP contribution in [0.3, 0.4) is 0 Å². The predicted octanol–water partition coefficient (Wildman–Crippen LogP) is 0.729. The van der Waals surface area contributed by atoms with Crippen molar-refractivity contribution < 1.29 is 9.90 Å². The van der Waals surface area contributed by atoms with Gasteiger partial charge in [0.05, 0.1) is 6.20 Å². The summed E-state index contributed by atoms with van der Waals surface area (Å²) in [6.45, 7) is 1.15. The van der Waals surface area contributed by atoms with E-state index in [1.807, 2.05) is 44.5 Å². The number of carbonyl (C=O) groups excluding carboxylic acids is 1. The number of likely N-dealkylation sites (tertiary alicyclic amines) is 1. The molecule has 1 N–H and O–H groups in total. The molecule has 128 valence electrons. The maximum Gasteiger partial charge on any atom is 0.272 e. The summed E-state index contributed by atoms with van der Waals surface area (Å²) in [5.74, 6) is 0.0309. The molecule has 1 amide bonds. The van der Waals surface area contributed by atoms with Gasteiger partial charge in [-0.3, -0.25) is 14.5 Å². The van der Waals surface area contributed by atoms with Gasteiger partial charge in [-0.25, -0.2) is 0 Å². The van der Waals surface area contributed by atoms with Gasteiger partial charge in [-0.15, -0.1) is 0 Å². The predicted molar refractivity (Wildman–Crippen MR) is 91.0 cm³/mol. The van der Waals surface area contributed by atoms with Crippen LogP contribution in [0.4, 0.5) is 5.69 Å². The zero-order valence-corrected chi connectivity index (χ0v) is 14.3. The van der Waals surface area contributed by atoms with Crippen molar-refractivity contribution in [1.29, 1.82) is 0 Å². The summed E-state index contributed by atoms with van der Waals surface area (Å²) < 4.78 is 1.75. The second-order valence-corrected chi connectivity index (χ2v) is 6.50. The van der Waals surface area contributed by atoms with Crippen molar-refractivity contribution in [3.05, 3.63) is 42.0 Å². The highest BCUT2D eigenvalue weighted by Gasteiger charge is 2.37. The molecule has 0 aromatic carbocycles. The zero-order chi connectivity index (χ0) is 17.3. The van der Waals surface area contributed by atoms with E-state index >= 15 is 0 Å². The highest BCUT2D eigenvalue weighted by Crippen LogP contribution is 2.33. The topological polar surface area (TPSA) is 74.5 Å². The molecular formula is C17H23N5O2. The summed E-state index contributed by atoms with van der Waals surface area (Å²) in [5, 5.41) is 13.9. The van der Waals surface area contributed by atoms with Gasteiger partial charge in [0.2, 0.25) is 0 Å². The van der Waals surface area contributed by atoms with E-state index in [0.717, 1.165) is 11.3 Å². The first kappa shape index (κ1) is 16.4. The first-order valence-corrected chi connectivity index (χ1v) is 8.01. The lowest BCUT2D eigenvalue weighted by Crippen LogP contribution is -2.30. The lowest BCUT2D eigenvalue weighted by molar-refractivity contribution is 0.0775. The number of hydrogen-bond donors (Lipinski definition) is 1. The van der Waals surface area contributed by atoms with E-state index in [9.17, 15) is 9.90 Å². The van der Waals surface area contributed by atoms with E-state index in [-0.39, 0.29) is 24.3 Å². The molecule has 0 aliphatic carbocycles. The van der Waals surface area contributed by atoms with Crippen LogP contribution in [-0.4, -0.2) is 64.5 Å². The molecule has 0 radical (unpaired) electrons. The molecular weight excluding hydrogens is 306 g/mol. The molecule has 1 aliphatic rings. The van der Waals surface area contributed by atoms with Crippen LogP contribution in [0.5, 0.6) is 0 Å². The number of hydrogen-bond acceptors (Lipinski definition) is 5. The van der Waals surface area contributed by atoms with Crippen LogP contribution in [0.15, 0.2) is 30.7 Å². The maximum absolute atomic E-state index is 12.8. The normalized spacial score (nSPS) is 20.4. The Balaban J connectivity index is 1.80. The minimum absolute atomic E-state index is 0.0233. The number of rotatable bonds is 4. The van der Waals surface area contributed by atoms with E-state index in [0.29, 0.717) is 18.8 Å². The Labute approximate surface area is 141 Å². The fourth-order valence-corrected chi connectivity index (χ4v) is 3.21. The fourth-order valence-electron chi connectivity index (χ4n) is 3.21. The SMILES string of the molecule is CN(C)c1ccnc(C(=O)N2C[C@@H](CO)[C@H](c3cnn(C)c3)C2)c1. The molecule has 3 heterocycles. The van der Waals surface area contributed by atoms with Crippen molar-refractivity contribution in [3.63, 3.8) is 0 Å². The first-order chi connectivity index (χ1) is 11.5. The number of pyridine rings is 1. The van der Waals surface area contributed by atoms with Crippen molar-refractivity contribution in [2.45, 2.75) is 5.92 Å². The van der Waals surface area contributed by atoms with E-state index in [1.165, 1.54) is 0 Å². The minimum atomic E-state index is -0.0939. The molecule has 1 fully saturated rings. The van der Waals surface area contributed by atoms with Gasteiger partial charge < -0.3 is 14.9 Å². The van der Waals surface area contributed by atoms with Crippen LogP contribution >= 0.6 is 0 Å². The molecule has 7 nitrogen and oxygen atoms in total. The van der Waals surface area contributed by atoms with Gasteiger partial charge in [0.1, 0.15) is 5.69 Å². The number of aliphatic hydroxyl groups is 1. The van der Waals surface area contributed by atoms with Crippen LogP contribution in [0.2, 0.25) is 0 Å². The number of carbonyl (C=O) groups is 1. The summed E-state index contributed by atoms with van der Waals surface area (Å²) in [6, 6.07) is 3.67. The number of aliphatic hydroxyl groups excluding tert-OH is 1.